The van der Waals surface area contributed by atoms with Gasteiger partial charge >= 0.3 is 0 Å². The third-order valence-electron chi connectivity index (χ3n) is 1.97. The Morgan fingerprint density at radius 2 is 1.88 bits per heavy atom. The van der Waals surface area contributed by atoms with Crippen LogP contribution < -0.4 is 5.73 Å². The van der Waals surface area contributed by atoms with Gasteiger partial charge in [0.15, 0.2) is 0 Å². The minimum Gasteiger partial charge on any atom is -0.398 e. The number of pyridine rings is 1. The van der Waals surface area contributed by atoms with Crippen LogP contribution in [0, 0.1) is 0 Å². The predicted molar refractivity (Wildman–Crippen MR) is 76.9 cm³/mol. The zero-order chi connectivity index (χ0) is 12.4. The monoisotopic (exact) mass is 348 g/mol. The molecule has 88 valence electrons. The molecule has 0 saturated carbocycles. The summed E-state index contributed by atoms with van der Waals surface area (Å²) in [5.41, 5.74) is 6.46. The van der Waals surface area contributed by atoms with E-state index in [4.69, 9.17) is 28.9 Å². The Hall–Kier alpha value is -0.420. The zero-order valence-corrected chi connectivity index (χ0v) is 12.4. The van der Waals surface area contributed by atoms with Crippen molar-refractivity contribution >= 4 is 56.6 Å². The third kappa shape index (κ3) is 3.28. The molecule has 1 heterocycles. The summed E-state index contributed by atoms with van der Waals surface area (Å²) < 4.78 is 0.934. The molecule has 0 saturated heterocycles. The maximum Gasteiger partial charge on any atom is 0.101 e. The number of nitrogen functional groups attached to an aromatic ring is 1. The lowest BCUT2D eigenvalue weighted by molar-refractivity contribution is 1.12. The van der Waals surface area contributed by atoms with Crippen molar-refractivity contribution in [1.82, 2.24) is 4.98 Å². The Kier molecular flexibility index (Phi) is 4.20. The first kappa shape index (κ1) is 13.0. The number of hydrogen-bond acceptors (Lipinski definition) is 3. The van der Waals surface area contributed by atoms with Crippen LogP contribution in [0.2, 0.25) is 10.0 Å². The highest BCUT2D eigenvalue weighted by atomic mass is 79.9. The smallest absolute Gasteiger partial charge is 0.101 e. The molecule has 0 aliphatic carbocycles. The van der Waals surface area contributed by atoms with Crippen LogP contribution in [0.4, 0.5) is 5.69 Å². The molecule has 1 aromatic heterocycles. The molecule has 0 amide bonds. The molecule has 2 N–H and O–H groups in total. The van der Waals surface area contributed by atoms with Gasteiger partial charge in [-0.25, -0.2) is 4.98 Å². The van der Waals surface area contributed by atoms with Gasteiger partial charge in [-0.3, -0.25) is 0 Å². The summed E-state index contributed by atoms with van der Waals surface area (Å²) in [6.07, 6.45) is 1.73. The first-order valence-corrected chi connectivity index (χ1v) is 6.97. The molecular weight excluding hydrogens is 343 g/mol. The second-order valence-electron chi connectivity index (χ2n) is 3.22. The molecule has 2 rings (SSSR count). The van der Waals surface area contributed by atoms with E-state index in [2.05, 4.69) is 20.9 Å². The van der Waals surface area contributed by atoms with Gasteiger partial charge in [0.05, 0.1) is 10.0 Å². The van der Waals surface area contributed by atoms with E-state index in [1.165, 1.54) is 11.8 Å². The molecule has 0 bridgehead atoms. The molecule has 1 aromatic carbocycles. The SMILES string of the molecule is Nc1cc(Cl)c(Cl)cc1Sc1ccc(Br)cn1. The Bertz CT molecular complexity index is 546. The molecule has 17 heavy (non-hydrogen) atoms. The van der Waals surface area contributed by atoms with Crippen LogP contribution in [0.5, 0.6) is 0 Å². The van der Waals surface area contributed by atoms with Crippen LogP contribution in [-0.4, -0.2) is 4.98 Å². The van der Waals surface area contributed by atoms with Crippen molar-refractivity contribution in [2.45, 2.75) is 9.92 Å². The second kappa shape index (κ2) is 5.48. The molecule has 0 atom stereocenters. The van der Waals surface area contributed by atoms with Gasteiger partial charge < -0.3 is 5.73 Å². The molecule has 0 aliphatic rings. The fourth-order valence-electron chi connectivity index (χ4n) is 1.17. The summed E-state index contributed by atoms with van der Waals surface area (Å²) in [6.45, 7) is 0. The first-order chi connectivity index (χ1) is 8.06. The van der Waals surface area contributed by atoms with E-state index in [9.17, 15) is 0 Å². The largest absolute Gasteiger partial charge is 0.398 e. The maximum absolute atomic E-state index is 5.95. The normalized spacial score (nSPS) is 10.5. The second-order valence-corrected chi connectivity index (χ2v) is 6.01. The van der Waals surface area contributed by atoms with Crippen molar-refractivity contribution in [2.24, 2.45) is 0 Å². The van der Waals surface area contributed by atoms with Crippen LogP contribution in [0.3, 0.4) is 0 Å². The van der Waals surface area contributed by atoms with Crippen molar-refractivity contribution in [3.8, 4) is 0 Å². The molecule has 2 nitrogen and oxygen atoms in total. The molecule has 2 aromatic rings. The van der Waals surface area contributed by atoms with E-state index < -0.39 is 0 Å². The van der Waals surface area contributed by atoms with E-state index in [0.717, 1.165) is 14.4 Å². The third-order valence-corrected chi connectivity index (χ3v) is 4.18. The number of benzene rings is 1. The van der Waals surface area contributed by atoms with Crippen LogP contribution in [0.25, 0.3) is 0 Å². The Morgan fingerprint density at radius 3 is 2.53 bits per heavy atom. The maximum atomic E-state index is 5.95. The highest BCUT2D eigenvalue weighted by molar-refractivity contribution is 9.10. The number of aromatic nitrogens is 1. The van der Waals surface area contributed by atoms with E-state index >= 15 is 0 Å². The number of halogens is 3. The molecular formula is C11H7BrCl2N2S. The van der Waals surface area contributed by atoms with Gasteiger partial charge in [-0.15, -0.1) is 0 Å². The summed E-state index contributed by atoms with van der Waals surface area (Å²) in [5.74, 6) is 0. The molecule has 0 unspecified atom stereocenters. The number of rotatable bonds is 2. The van der Waals surface area contributed by atoms with Gasteiger partial charge in [0, 0.05) is 21.3 Å². The Balaban J connectivity index is 2.30. The van der Waals surface area contributed by atoms with E-state index in [1.54, 1.807) is 18.3 Å². The van der Waals surface area contributed by atoms with Crippen LogP contribution >= 0.6 is 50.9 Å². The lowest BCUT2D eigenvalue weighted by atomic mass is 10.3. The summed E-state index contributed by atoms with van der Waals surface area (Å²) in [7, 11) is 0. The number of nitrogens with two attached hydrogens (primary N) is 1. The number of nitrogens with zero attached hydrogens (tertiary/aromatic N) is 1. The summed E-state index contributed by atoms with van der Waals surface area (Å²) in [5, 5.41) is 1.79. The molecule has 0 aliphatic heterocycles. The van der Waals surface area contributed by atoms with Crippen molar-refractivity contribution in [3.05, 3.63) is 45.0 Å². The molecule has 0 fully saturated rings. The van der Waals surface area contributed by atoms with E-state index in [1.807, 2.05) is 12.1 Å². The summed E-state index contributed by atoms with van der Waals surface area (Å²) in [6, 6.07) is 7.21. The molecule has 6 heteroatoms. The van der Waals surface area contributed by atoms with Crippen molar-refractivity contribution in [3.63, 3.8) is 0 Å². The van der Waals surface area contributed by atoms with Gasteiger partial charge in [-0.1, -0.05) is 35.0 Å². The fourth-order valence-corrected chi connectivity index (χ4v) is 2.62. The first-order valence-electron chi connectivity index (χ1n) is 4.60. The fraction of sp³-hybridized carbons (Fsp3) is 0. The summed E-state index contributed by atoms with van der Waals surface area (Å²) in [4.78, 5) is 5.09. The average Bonchev–Trinajstić information content (AvgIpc) is 2.29. The Morgan fingerprint density at radius 1 is 1.18 bits per heavy atom. The summed E-state index contributed by atoms with van der Waals surface area (Å²) >= 11 is 16.6. The quantitative estimate of drug-likeness (QED) is 0.785. The van der Waals surface area contributed by atoms with Gasteiger partial charge in [0.25, 0.3) is 0 Å². The van der Waals surface area contributed by atoms with Gasteiger partial charge in [0.2, 0.25) is 0 Å². The standard InChI is InChI=1S/C11H7BrCl2N2S/c12-6-1-2-11(16-5-6)17-10-4-8(14)7(13)3-9(10)15/h1-5H,15H2. The molecule has 0 radical (unpaired) electrons. The van der Waals surface area contributed by atoms with Crippen LogP contribution in [0.1, 0.15) is 0 Å². The number of hydrogen-bond donors (Lipinski definition) is 1. The van der Waals surface area contributed by atoms with Crippen molar-refractivity contribution in [1.29, 1.82) is 0 Å². The minimum atomic E-state index is 0.456. The lowest BCUT2D eigenvalue weighted by Gasteiger charge is -2.06. The van der Waals surface area contributed by atoms with Crippen molar-refractivity contribution < 1.29 is 0 Å². The zero-order valence-electron chi connectivity index (χ0n) is 8.45. The van der Waals surface area contributed by atoms with Gasteiger partial charge in [-0.05, 0) is 40.2 Å². The average molecular weight is 350 g/mol. The minimum absolute atomic E-state index is 0.456. The highest BCUT2D eigenvalue weighted by Crippen LogP contribution is 2.36. The predicted octanol–water partition coefficient (Wildman–Crippen LogP) is 4.88. The lowest BCUT2D eigenvalue weighted by Crippen LogP contribution is -1.89. The molecule has 0 spiro atoms. The van der Waals surface area contributed by atoms with Gasteiger partial charge in [-0.2, -0.15) is 0 Å². The van der Waals surface area contributed by atoms with Crippen LogP contribution in [0.15, 0.2) is 44.9 Å². The van der Waals surface area contributed by atoms with Crippen LogP contribution in [-0.2, 0) is 0 Å². The topological polar surface area (TPSA) is 38.9 Å². The van der Waals surface area contributed by atoms with Gasteiger partial charge in [0.1, 0.15) is 5.03 Å². The number of anilines is 1. The van der Waals surface area contributed by atoms with Crippen molar-refractivity contribution in [2.75, 3.05) is 5.73 Å². The van der Waals surface area contributed by atoms with E-state index in [0.29, 0.717) is 15.7 Å². The van der Waals surface area contributed by atoms with E-state index in [-0.39, 0.29) is 0 Å². The Labute approximate surface area is 122 Å². The highest BCUT2D eigenvalue weighted by Gasteiger charge is 2.07.